The maximum atomic E-state index is 13.2. The smallest absolute Gasteiger partial charge is 0.341 e. The largest absolute Gasteiger partial charge is 0.465 e. The van der Waals surface area contributed by atoms with Crippen molar-refractivity contribution in [2.45, 2.75) is 40.0 Å². The van der Waals surface area contributed by atoms with Crippen LogP contribution in [0.25, 0.3) is 0 Å². The van der Waals surface area contributed by atoms with Crippen molar-refractivity contribution in [3.8, 4) is 0 Å². The van der Waals surface area contributed by atoms with Gasteiger partial charge < -0.3 is 14.8 Å². The second-order valence-electron chi connectivity index (χ2n) is 10.2. The predicted molar refractivity (Wildman–Crippen MR) is 149 cm³/mol. The third-order valence-electron chi connectivity index (χ3n) is 7.22. The molecule has 1 aliphatic carbocycles. The molecular formula is C30H28N2O7S. The number of anilines is 2. The minimum Gasteiger partial charge on any atom is -0.465 e. The number of methoxy groups -OCH3 is 1. The summed E-state index contributed by atoms with van der Waals surface area (Å²) in [6.45, 7) is 5.22. The Morgan fingerprint density at radius 3 is 2.52 bits per heavy atom. The van der Waals surface area contributed by atoms with Crippen molar-refractivity contribution >= 4 is 51.7 Å². The van der Waals surface area contributed by atoms with Crippen LogP contribution >= 0.6 is 11.3 Å². The van der Waals surface area contributed by atoms with E-state index in [-0.39, 0.29) is 16.7 Å². The fourth-order valence-electron chi connectivity index (χ4n) is 5.08. The first-order chi connectivity index (χ1) is 19.1. The van der Waals surface area contributed by atoms with Crippen molar-refractivity contribution < 1.29 is 33.4 Å². The molecular weight excluding hydrogens is 532 g/mol. The molecule has 5 rings (SSSR count). The van der Waals surface area contributed by atoms with Gasteiger partial charge in [0.15, 0.2) is 6.61 Å². The van der Waals surface area contributed by atoms with Crippen LogP contribution in [-0.4, -0.2) is 43.4 Å². The average molecular weight is 561 g/mol. The van der Waals surface area contributed by atoms with Crippen molar-refractivity contribution in [1.82, 2.24) is 0 Å². The molecule has 0 spiro atoms. The normalized spacial score (nSPS) is 15.9. The van der Waals surface area contributed by atoms with E-state index in [2.05, 4.69) is 12.2 Å². The predicted octanol–water partition coefficient (Wildman–Crippen LogP) is 4.87. The summed E-state index contributed by atoms with van der Waals surface area (Å²) in [5, 5.41) is 3.06. The summed E-state index contributed by atoms with van der Waals surface area (Å²) in [4.78, 5) is 66.3. The van der Waals surface area contributed by atoms with Gasteiger partial charge in [0.05, 0.1) is 35.1 Å². The lowest BCUT2D eigenvalue weighted by Gasteiger charge is -2.18. The SMILES string of the molecule is COC(=O)c1c(NC(=O)COC(=O)c2ccc3c(c2)C(=O)N(c2cc(C)ccc2C)C3=O)sc2c1CCC(C)C2. The molecule has 0 radical (unpaired) electrons. The number of ether oxygens (including phenoxy) is 2. The molecule has 3 amide bonds. The van der Waals surface area contributed by atoms with E-state index in [0.717, 1.165) is 45.7 Å². The zero-order chi connectivity index (χ0) is 28.7. The molecule has 3 aromatic rings. The Kier molecular flexibility index (Phi) is 7.29. The van der Waals surface area contributed by atoms with E-state index in [4.69, 9.17) is 9.47 Å². The number of hydrogen-bond donors (Lipinski definition) is 1. The molecule has 1 N–H and O–H groups in total. The number of nitrogens with zero attached hydrogens (tertiary/aromatic N) is 1. The lowest BCUT2D eigenvalue weighted by Crippen LogP contribution is -2.30. The van der Waals surface area contributed by atoms with E-state index in [9.17, 15) is 24.0 Å². The standard InChI is InChI=1S/C30H28N2O7S/c1-15-5-7-17(3)22(11-15)32-27(34)19-10-8-18(13-21(19)28(32)35)29(36)39-14-24(33)31-26-25(30(37)38-4)20-9-6-16(2)12-23(20)40-26/h5,7-8,10-11,13,16H,6,9,12,14H2,1-4H3,(H,31,33). The van der Waals surface area contributed by atoms with Gasteiger partial charge in [-0.05, 0) is 80.0 Å². The number of imide groups is 1. The monoisotopic (exact) mass is 560 g/mol. The second kappa shape index (κ2) is 10.7. The molecule has 10 heteroatoms. The Morgan fingerprint density at radius 2 is 1.77 bits per heavy atom. The summed E-state index contributed by atoms with van der Waals surface area (Å²) in [5.41, 5.74) is 3.71. The lowest BCUT2D eigenvalue weighted by atomic mass is 9.88. The van der Waals surface area contributed by atoms with Gasteiger partial charge in [-0.1, -0.05) is 19.1 Å². The zero-order valence-corrected chi connectivity index (χ0v) is 23.4. The summed E-state index contributed by atoms with van der Waals surface area (Å²) in [7, 11) is 1.29. The molecule has 2 aliphatic rings. The minimum atomic E-state index is -0.823. The highest BCUT2D eigenvalue weighted by Crippen LogP contribution is 2.40. The molecule has 1 unspecified atom stereocenters. The van der Waals surface area contributed by atoms with Gasteiger partial charge in [0.2, 0.25) is 0 Å². The maximum absolute atomic E-state index is 13.2. The summed E-state index contributed by atoms with van der Waals surface area (Å²) in [5.74, 6) is -2.49. The number of fused-ring (bicyclic) bond motifs is 2. The van der Waals surface area contributed by atoms with Crippen LogP contribution in [0.4, 0.5) is 10.7 Å². The Bertz CT molecular complexity index is 1590. The minimum absolute atomic E-state index is 0.0336. The molecule has 2 aromatic carbocycles. The fraction of sp³-hybridized carbons (Fsp3) is 0.300. The van der Waals surface area contributed by atoms with E-state index >= 15 is 0 Å². The zero-order valence-electron chi connectivity index (χ0n) is 22.6. The van der Waals surface area contributed by atoms with Crippen molar-refractivity contribution in [3.05, 3.63) is 80.2 Å². The van der Waals surface area contributed by atoms with E-state index in [1.54, 1.807) is 6.07 Å². The Morgan fingerprint density at radius 1 is 1.02 bits per heavy atom. The van der Waals surface area contributed by atoms with E-state index in [1.807, 2.05) is 26.0 Å². The van der Waals surface area contributed by atoms with Crippen LogP contribution in [0.1, 0.15) is 76.3 Å². The van der Waals surface area contributed by atoms with Gasteiger partial charge in [-0.15, -0.1) is 11.3 Å². The topological polar surface area (TPSA) is 119 Å². The van der Waals surface area contributed by atoms with Gasteiger partial charge in [-0.2, -0.15) is 0 Å². The lowest BCUT2D eigenvalue weighted by molar-refractivity contribution is -0.119. The van der Waals surface area contributed by atoms with E-state index in [0.29, 0.717) is 22.2 Å². The first kappa shape index (κ1) is 27.3. The first-order valence-corrected chi connectivity index (χ1v) is 13.7. The van der Waals surface area contributed by atoms with Gasteiger partial charge in [0, 0.05) is 4.88 Å². The number of carbonyl (C=O) groups excluding carboxylic acids is 5. The van der Waals surface area contributed by atoms with E-state index in [1.165, 1.54) is 36.6 Å². The quantitative estimate of drug-likeness (QED) is 0.337. The maximum Gasteiger partial charge on any atom is 0.341 e. The molecule has 0 fully saturated rings. The average Bonchev–Trinajstić information content (AvgIpc) is 3.40. The summed E-state index contributed by atoms with van der Waals surface area (Å²) in [6, 6.07) is 9.61. The third kappa shape index (κ3) is 4.90. The number of amides is 3. The molecule has 9 nitrogen and oxygen atoms in total. The highest BCUT2D eigenvalue weighted by molar-refractivity contribution is 7.17. The molecule has 0 bridgehead atoms. The molecule has 1 aliphatic heterocycles. The molecule has 1 aromatic heterocycles. The van der Waals surface area contributed by atoms with Crippen LogP contribution in [0.5, 0.6) is 0 Å². The van der Waals surface area contributed by atoms with Gasteiger partial charge in [0.1, 0.15) is 5.00 Å². The Balaban J connectivity index is 1.29. The summed E-state index contributed by atoms with van der Waals surface area (Å²) in [6.07, 6.45) is 2.48. The Labute approximate surface area is 235 Å². The summed E-state index contributed by atoms with van der Waals surface area (Å²) < 4.78 is 10.1. The van der Waals surface area contributed by atoms with Crippen molar-refractivity contribution in [2.75, 3.05) is 23.9 Å². The number of rotatable bonds is 6. The number of hydrogen-bond acceptors (Lipinski definition) is 8. The van der Waals surface area contributed by atoms with Gasteiger partial charge in [-0.25, -0.2) is 14.5 Å². The Hall–Kier alpha value is -4.31. The fourth-order valence-corrected chi connectivity index (χ4v) is 6.50. The van der Waals surface area contributed by atoms with Gasteiger partial charge >= 0.3 is 11.9 Å². The van der Waals surface area contributed by atoms with Crippen LogP contribution in [0.3, 0.4) is 0 Å². The number of esters is 2. The van der Waals surface area contributed by atoms with Crippen molar-refractivity contribution in [2.24, 2.45) is 5.92 Å². The van der Waals surface area contributed by atoms with Crippen LogP contribution in [-0.2, 0) is 27.1 Å². The first-order valence-electron chi connectivity index (χ1n) is 12.9. The highest BCUT2D eigenvalue weighted by Gasteiger charge is 2.38. The van der Waals surface area contributed by atoms with Crippen LogP contribution in [0, 0.1) is 19.8 Å². The van der Waals surface area contributed by atoms with Crippen LogP contribution in [0.2, 0.25) is 0 Å². The molecule has 2 heterocycles. The third-order valence-corrected chi connectivity index (χ3v) is 8.39. The highest BCUT2D eigenvalue weighted by atomic mass is 32.1. The van der Waals surface area contributed by atoms with Crippen molar-refractivity contribution in [3.63, 3.8) is 0 Å². The van der Waals surface area contributed by atoms with Gasteiger partial charge in [-0.3, -0.25) is 14.4 Å². The van der Waals surface area contributed by atoms with Crippen LogP contribution < -0.4 is 10.2 Å². The number of carbonyl (C=O) groups is 5. The van der Waals surface area contributed by atoms with Crippen molar-refractivity contribution in [1.29, 1.82) is 0 Å². The van der Waals surface area contributed by atoms with E-state index < -0.39 is 36.3 Å². The number of nitrogens with one attached hydrogen (secondary N) is 1. The number of benzene rings is 2. The van der Waals surface area contributed by atoms with Crippen LogP contribution in [0.15, 0.2) is 36.4 Å². The summed E-state index contributed by atoms with van der Waals surface area (Å²) >= 11 is 1.34. The number of thiophene rings is 1. The molecule has 206 valence electrons. The molecule has 0 saturated heterocycles. The molecule has 1 atom stereocenters. The van der Waals surface area contributed by atoms with Gasteiger partial charge in [0.25, 0.3) is 17.7 Å². The molecule has 40 heavy (non-hydrogen) atoms. The second-order valence-corrected chi connectivity index (χ2v) is 11.3. The molecule has 0 saturated carbocycles. The number of aryl methyl sites for hydroxylation is 2.